The first kappa shape index (κ1) is 18.3. The number of hydrogen-bond acceptors (Lipinski definition) is 6. The van der Waals surface area contributed by atoms with E-state index in [1.54, 1.807) is 13.8 Å². The van der Waals surface area contributed by atoms with Gasteiger partial charge in [0.15, 0.2) is 5.84 Å². The fourth-order valence-corrected chi connectivity index (χ4v) is 3.02. The van der Waals surface area contributed by atoms with E-state index in [1.807, 2.05) is 0 Å². The first-order valence-electron chi connectivity index (χ1n) is 6.57. The van der Waals surface area contributed by atoms with Gasteiger partial charge in [0.25, 0.3) is 0 Å². The molecule has 9 heteroatoms. The van der Waals surface area contributed by atoms with Crippen molar-refractivity contribution in [2.24, 2.45) is 10.9 Å². The minimum absolute atomic E-state index is 0.0191. The van der Waals surface area contributed by atoms with E-state index in [2.05, 4.69) is 9.99 Å². The number of benzene rings is 1. The fourth-order valence-electron chi connectivity index (χ4n) is 1.52. The normalized spacial score (nSPS) is 12.2. The predicted octanol–water partition coefficient (Wildman–Crippen LogP) is 2.52. The molecule has 0 aliphatic carbocycles. The molecule has 0 fully saturated rings. The molecule has 0 aromatic heterocycles. The topological polar surface area (TPSA) is 100 Å². The Hall–Kier alpha value is -1.76. The first-order chi connectivity index (χ1) is 10.4. The highest BCUT2D eigenvalue weighted by molar-refractivity contribution is 7.54. The average molecular weight is 332 g/mol. The Morgan fingerprint density at radius 1 is 1.32 bits per heavy atom. The van der Waals surface area contributed by atoms with Crippen molar-refractivity contribution in [2.45, 2.75) is 13.8 Å². The summed E-state index contributed by atoms with van der Waals surface area (Å²) in [7, 11) is -3.42. The molecule has 0 aliphatic rings. The number of rotatable bonds is 8. The van der Waals surface area contributed by atoms with E-state index < -0.39 is 19.4 Å². The first-order valence-corrected chi connectivity index (χ1v) is 8.30. The van der Waals surface area contributed by atoms with Crippen LogP contribution in [0.2, 0.25) is 0 Å². The van der Waals surface area contributed by atoms with Crippen LogP contribution in [0, 0.1) is 5.82 Å². The SMILES string of the molecule is CCOP(=O)(CC(N)=NOC(=O)c1cccc(F)c1)OCC. The zero-order valence-electron chi connectivity index (χ0n) is 12.3. The van der Waals surface area contributed by atoms with Crippen LogP contribution in [-0.4, -0.2) is 31.2 Å². The van der Waals surface area contributed by atoms with E-state index in [0.29, 0.717) is 0 Å². The highest BCUT2D eigenvalue weighted by Crippen LogP contribution is 2.47. The van der Waals surface area contributed by atoms with Crippen molar-refractivity contribution in [3.63, 3.8) is 0 Å². The molecule has 0 amide bonds. The van der Waals surface area contributed by atoms with Crippen molar-refractivity contribution in [2.75, 3.05) is 19.4 Å². The van der Waals surface area contributed by atoms with Gasteiger partial charge in [0.1, 0.15) is 12.0 Å². The molecule has 2 N–H and O–H groups in total. The Bertz CT molecular complexity index is 584. The summed E-state index contributed by atoms with van der Waals surface area (Å²) in [6, 6.07) is 4.91. The van der Waals surface area contributed by atoms with Crippen molar-refractivity contribution in [3.05, 3.63) is 35.6 Å². The summed E-state index contributed by atoms with van der Waals surface area (Å²) in [5.41, 5.74) is 5.52. The molecule has 0 unspecified atom stereocenters. The quantitative estimate of drug-likeness (QED) is 0.258. The Balaban J connectivity index is 2.68. The Morgan fingerprint density at radius 3 is 2.50 bits per heavy atom. The lowest BCUT2D eigenvalue weighted by molar-refractivity contribution is 0.0514. The van der Waals surface area contributed by atoms with Crippen molar-refractivity contribution in [1.82, 2.24) is 0 Å². The molecule has 0 heterocycles. The van der Waals surface area contributed by atoms with Crippen molar-refractivity contribution >= 4 is 19.4 Å². The standard InChI is InChI=1S/C13H18FN2O5P/c1-3-19-22(18,20-4-2)9-12(15)16-21-13(17)10-6-5-7-11(14)8-10/h5-8H,3-4,9H2,1-2H3,(H2,15,16). The number of nitrogens with two attached hydrogens (primary N) is 1. The number of carbonyl (C=O) groups is 1. The summed E-state index contributed by atoms with van der Waals surface area (Å²) in [5.74, 6) is -1.69. The van der Waals surface area contributed by atoms with Crippen molar-refractivity contribution in [1.29, 1.82) is 0 Å². The lowest BCUT2D eigenvalue weighted by Crippen LogP contribution is -2.20. The van der Waals surface area contributed by atoms with Gasteiger partial charge in [0.2, 0.25) is 0 Å². The minimum Gasteiger partial charge on any atom is -0.384 e. The number of halogens is 1. The van der Waals surface area contributed by atoms with Crippen LogP contribution in [0.1, 0.15) is 24.2 Å². The summed E-state index contributed by atoms with van der Waals surface area (Å²) in [6.07, 6.45) is -0.314. The van der Waals surface area contributed by atoms with Crippen molar-refractivity contribution in [3.8, 4) is 0 Å². The third kappa shape index (κ3) is 5.93. The number of amidine groups is 1. The summed E-state index contributed by atoms with van der Waals surface area (Å²) in [4.78, 5) is 16.2. The Labute approximate surface area is 127 Å². The van der Waals surface area contributed by atoms with E-state index in [1.165, 1.54) is 18.2 Å². The largest absolute Gasteiger partial charge is 0.384 e. The molecule has 0 saturated heterocycles. The third-order valence-corrected chi connectivity index (χ3v) is 4.33. The highest BCUT2D eigenvalue weighted by Gasteiger charge is 2.25. The molecule has 0 radical (unpaired) electrons. The van der Waals surface area contributed by atoms with Crippen LogP contribution in [0.25, 0.3) is 0 Å². The molecule has 22 heavy (non-hydrogen) atoms. The summed E-state index contributed by atoms with van der Waals surface area (Å²) >= 11 is 0. The summed E-state index contributed by atoms with van der Waals surface area (Å²) in [6.45, 7) is 3.66. The lowest BCUT2D eigenvalue weighted by Gasteiger charge is -2.15. The zero-order valence-corrected chi connectivity index (χ0v) is 13.2. The predicted molar refractivity (Wildman–Crippen MR) is 79.2 cm³/mol. The van der Waals surface area contributed by atoms with Gasteiger partial charge >= 0.3 is 13.6 Å². The molecule has 0 saturated carbocycles. The second kappa shape index (κ2) is 8.63. The second-order valence-corrected chi connectivity index (χ2v) is 6.13. The number of hydrogen-bond donors (Lipinski definition) is 1. The van der Waals surface area contributed by atoms with Gasteiger partial charge in [-0.3, -0.25) is 4.57 Å². The van der Waals surface area contributed by atoms with E-state index in [9.17, 15) is 13.8 Å². The molecular weight excluding hydrogens is 314 g/mol. The van der Waals surface area contributed by atoms with Crippen LogP contribution in [0.3, 0.4) is 0 Å². The van der Waals surface area contributed by atoms with Gasteiger partial charge in [0.05, 0.1) is 18.8 Å². The Kier molecular flexibility index (Phi) is 7.17. The molecule has 0 spiro atoms. The molecule has 1 rings (SSSR count). The maximum atomic E-state index is 13.0. The van der Waals surface area contributed by atoms with Gasteiger partial charge in [-0.25, -0.2) is 9.18 Å². The third-order valence-electron chi connectivity index (χ3n) is 2.31. The van der Waals surface area contributed by atoms with Gasteiger partial charge in [-0.1, -0.05) is 11.2 Å². The molecule has 0 atom stereocenters. The zero-order chi connectivity index (χ0) is 16.6. The maximum Gasteiger partial charge on any atom is 0.365 e. The molecular formula is C13H18FN2O5P. The summed E-state index contributed by atoms with van der Waals surface area (Å²) < 4.78 is 35.2. The van der Waals surface area contributed by atoms with Crippen LogP contribution in [-0.2, 0) is 18.5 Å². The van der Waals surface area contributed by atoms with Crippen LogP contribution in [0.15, 0.2) is 29.4 Å². The van der Waals surface area contributed by atoms with Crippen LogP contribution >= 0.6 is 7.60 Å². The number of carbonyl (C=O) groups excluding carboxylic acids is 1. The summed E-state index contributed by atoms with van der Waals surface area (Å²) in [5, 5.41) is 3.37. The van der Waals surface area contributed by atoms with Gasteiger partial charge in [-0.15, -0.1) is 0 Å². The number of oxime groups is 1. The molecule has 1 aromatic carbocycles. The number of nitrogens with zero attached hydrogens (tertiary/aromatic N) is 1. The fraction of sp³-hybridized carbons (Fsp3) is 0.385. The Morgan fingerprint density at radius 2 is 1.95 bits per heavy atom. The highest BCUT2D eigenvalue weighted by atomic mass is 31.2. The molecule has 0 aliphatic heterocycles. The molecule has 122 valence electrons. The maximum absolute atomic E-state index is 13.0. The lowest BCUT2D eigenvalue weighted by atomic mass is 10.2. The minimum atomic E-state index is -3.42. The van der Waals surface area contributed by atoms with Crippen LogP contribution < -0.4 is 5.73 Å². The van der Waals surface area contributed by atoms with Gasteiger partial charge in [0, 0.05) is 0 Å². The average Bonchev–Trinajstić information content (AvgIpc) is 2.45. The molecule has 1 aromatic rings. The van der Waals surface area contributed by atoms with E-state index in [4.69, 9.17) is 14.8 Å². The molecule has 0 bridgehead atoms. The van der Waals surface area contributed by atoms with E-state index in [0.717, 1.165) is 6.07 Å². The smallest absolute Gasteiger partial charge is 0.365 e. The van der Waals surface area contributed by atoms with Crippen molar-refractivity contribution < 1.29 is 27.6 Å². The second-order valence-electron chi connectivity index (χ2n) is 4.08. The van der Waals surface area contributed by atoms with Crippen LogP contribution in [0.5, 0.6) is 0 Å². The van der Waals surface area contributed by atoms with E-state index >= 15 is 0 Å². The monoisotopic (exact) mass is 332 g/mol. The van der Waals surface area contributed by atoms with Gasteiger partial charge in [-0.2, -0.15) is 0 Å². The molecule has 7 nitrogen and oxygen atoms in total. The van der Waals surface area contributed by atoms with Crippen LogP contribution in [0.4, 0.5) is 4.39 Å². The van der Waals surface area contributed by atoms with E-state index in [-0.39, 0.29) is 30.8 Å². The van der Waals surface area contributed by atoms with Gasteiger partial charge in [-0.05, 0) is 32.0 Å². The van der Waals surface area contributed by atoms with Gasteiger partial charge < -0.3 is 19.6 Å².